The van der Waals surface area contributed by atoms with Crippen LogP contribution in [0, 0.1) is 13.8 Å². The third kappa shape index (κ3) is 5.22. The molecule has 0 atom stereocenters. The van der Waals surface area contributed by atoms with Gasteiger partial charge in [-0.1, -0.05) is 30.3 Å². The van der Waals surface area contributed by atoms with Crippen molar-refractivity contribution in [1.29, 1.82) is 0 Å². The molecule has 1 heterocycles. The van der Waals surface area contributed by atoms with Crippen molar-refractivity contribution in [2.45, 2.75) is 13.8 Å². The van der Waals surface area contributed by atoms with Crippen LogP contribution in [0.2, 0.25) is 0 Å². The summed E-state index contributed by atoms with van der Waals surface area (Å²) >= 11 is 0. The molecule has 4 rings (SSSR count). The molecule has 0 aliphatic carbocycles. The molecule has 1 N–H and O–H groups in total. The SMILES string of the molecule is Cc1cccc(OCCNC(=O)COC(=O)c2ccc3c(c2)C(=O)N(c2ccccc2C)C3=O)c1. The Labute approximate surface area is 202 Å². The maximum absolute atomic E-state index is 12.9. The number of hydrogen-bond acceptors (Lipinski definition) is 6. The highest BCUT2D eigenvalue weighted by atomic mass is 16.5. The first-order valence-electron chi connectivity index (χ1n) is 11.1. The first-order chi connectivity index (χ1) is 16.8. The maximum atomic E-state index is 12.9. The van der Waals surface area contributed by atoms with Gasteiger partial charge in [-0.15, -0.1) is 0 Å². The number of esters is 1. The van der Waals surface area contributed by atoms with Gasteiger partial charge in [-0.25, -0.2) is 9.69 Å². The van der Waals surface area contributed by atoms with Gasteiger partial charge in [0, 0.05) is 0 Å². The fourth-order valence-corrected chi connectivity index (χ4v) is 3.73. The lowest BCUT2D eigenvalue weighted by atomic mass is 10.1. The summed E-state index contributed by atoms with van der Waals surface area (Å²) < 4.78 is 10.6. The van der Waals surface area contributed by atoms with Gasteiger partial charge in [-0.05, 0) is 61.4 Å². The van der Waals surface area contributed by atoms with E-state index in [0.29, 0.717) is 11.4 Å². The summed E-state index contributed by atoms with van der Waals surface area (Å²) in [6, 6.07) is 18.8. The normalized spacial score (nSPS) is 12.3. The van der Waals surface area contributed by atoms with Crippen molar-refractivity contribution in [3.63, 3.8) is 0 Å². The highest BCUT2D eigenvalue weighted by Gasteiger charge is 2.37. The summed E-state index contributed by atoms with van der Waals surface area (Å²) in [7, 11) is 0. The summed E-state index contributed by atoms with van der Waals surface area (Å²) in [6.45, 7) is 3.79. The molecule has 3 amide bonds. The minimum absolute atomic E-state index is 0.0760. The van der Waals surface area contributed by atoms with Gasteiger partial charge in [-0.2, -0.15) is 0 Å². The first kappa shape index (κ1) is 23.7. The molecular formula is C27H24N2O6. The molecule has 0 saturated heterocycles. The molecule has 0 bridgehead atoms. The van der Waals surface area contributed by atoms with E-state index in [9.17, 15) is 19.2 Å². The molecule has 0 radical (unpaired) electrons. The van der Waals surface area contributed by atoms with Crippen molar-refractivity contribution < 1.29 is 28.7 Å². The van der Waals surface area contributed by atoms with Crippen LogP contribution in [-0.4, -0.2) is 43.4 Å². The van der Waals surface area contributed by atoms with Gasteiger partial charge < -0.3 is 14.8 Å². The van der Waals surface area contributed by atoms with Crippen molar-refractivity contribution in [2.75, 3.05) is 24.7 Å². The molecule has 1 aliphatic rings. The minimum atomic E-state index is -0.770. The molecule has 8 nitrogen and oxygen atoms in total. The molecule has 3 aromatic rings. The molecule has 1 aliphatic heterocycles. The van der Waals surface area contributed by atoms with Crippen LogP contribution >= 0.6 is 0 Å². The maximum Gasteiger partial charge on any atom is 0.338 e. The number of aryl methyl sites for hydroxylation is 2. The second-order valence-corrected chi connectivity index (χ2v) is 8.08. The number of carbonyl (C=O) groups is 4. The predicted octanol–water partition coefficient (Wildman–Crippen LogP) is 3.46. The number of nitrogens with zero attached hydrogens (tertiary/aromatic N) is 1. The summed E-state index contributed by atoms with van der Waals surface area (Å²) in [5.74, 6) is -1.51. The zero-order chi connectivity index (χ0) is 24.9. The van der Waals surface area contributed by atoms with E-state index in [1.54, 1.807) is 25.1 Å². The monoisotopic (exact) mass is 472 g/mol. The average molecular weight is 472 g/mol. The Kier molecular flexibility index (Phi) is 6.91. The predicted molar refractivity (Wildman–Crippen MR) is 129 cm³/mol. The molecule has 35 heavy (non-hydrogen) atoms. The summed E-state index contributed by atoms with van der Waals surface area (Å²) in [6.07, 6.45) is 0. The Hall–Kier alpha value is -4.46. The summed E-state index contributed by atoms with van der Waals surface area (Å²) in [5, 5.41) is 2.61. The van der Waals surface area contributed by atoms with E-state index in [1.807, 2.05) is 37.3 Å². The second-order valence-electron chi connectivity index (χ2n) is 8.08. The minimum Gasteiger partial charge on any atom is -0.492 e. The quantitative estimate of drug-likeness (QED) is 0.306. The third-order valence-electron chi connectivity index (χ3n) is 5.50. The number of anilines is 1. The van der Waals surface area contributed by atoms with Crippen LogP contribution in [0.4, 0.5) is 5.69 Å². The van der Waals surface area contributed by atoms with E-state index in [4.69, 9.17) is 9.47 Å². The average Bonchev–Trinajstić information content (AvgIpc) is 3.10. The fraction of sp³-hybridized carbons (Fsp3) is 0.185. The Morgan fingerprint density at radius 3 is 2.43 bits per heavy atom. The Morgan fingerprint density at radius 2 is 1.66 bits per heavy atom. The van der Waals surface area contributed by atoms with E-state index >= 15 is 0 Å². The van der Waals surface area contributed by atoms with E-state index < -0.39 is 30.3 Å². The van der Waals surface area contributed by atoms with E-state index in [1.165, 1.54) is 18.2 Å². The third-order valence-corrected chi connectivity index (χ3v) is 5.50. The molecule has 3 aromatic carbocycles. The first-order valence-corrected chi connectivity index (χ1v) is 11.1. The number of imide groups is 1. The largest absolute Gasteiger partial charge is 0.492 e. The number of fused-ring (bicyclic) bond motifs is 1. The van der Waals surface area contributed by atoms with Gasteiger partial charge >= 0.3 is 5.97 Å². The molecule has 0 spiro atoms. The lowest BCUT2D eigenvalue weighted by molar-refractivity contribution is -0.124. The van der Waals surface area contributed by atoms with Gasteiger partial charge in [0.05, 0.1) is 28.9 Å². The number of nitrogens with one attached hydrogen (secondary N) is 1. The molecule has 0 unspecified atom stereocenters. The molecule has 178 valence electrons. The van der Waals surface area contributed by atoms with Crippen molar-refractivity contribution >= 4 is 29.4 Å². The van der Waals surface area contributed by atoms with Crippen LogP contribution in [-0.2, 0) is 9.53 Å². The molecule has 0 saturated carbocycles. The fourth-order valence-electron chi connectivity index (χ4n) is 3.73. The van der Waals surface area contributed by atoms with E-state index in [2.05, 4.69) is 5.32 Å². The molecule has 8 heteroatoms. The zero-order valence-electron chi connectivity index (χ0n) is 19.4. The van der Waals surface area contributed by atoms with Gasteiger partial charge in [-0.3, -0.25) is 14.4 Å². The number of benzene rings is 3. The molecule has 0 fully saturated rings. The standard InChI is InChI=1S/C27H24N2O6/c1-17-6-5-8-20(14-17)34-13-12-28-24(30)16-35-27(33)19-10-11-21-22(15-19)26(32)29(25(21)31)23-9-4-3-7-18(23)2/h3-11,14-15H,12-13,16H2,1-2H3,(H,28,30). The highest BCUT2D eigenvalue weighted by molar-refractivity contribution is 6.34. The number of amides is 3. The van der Waals surface area contributed by atoms with Gasteiger partial charge in [0.1, 0.15) is 12.4 Å². The van der Waals surface area contributed by atoms with Crippen LogP contribution in [0.25, 0.3) is 0 Å². The number of rotatable bonds is 8. The highest BCUT2D eigenvalue weighted by Crippen LogP contribution is 2.31. The number of hydrogen-bond donors (Lipinski definition) is 1. The van der Waals surface area contributed by atoms with Crippen molar-refractivity contribution in [1.82, 2.24) is 5.32 Å². The van der Waals surface area contributed by atoms with Gasteiger partial charge in [0.15, 0.2) is 6.61 Å². The number of ether oxygens (including phenoxy) is 2. The van der Waals surface area contributed by atoms with Crippen molar-refractivity contribution in [3.8, 4) is 5.75 Å². The number of carbonyl (C=O) groups excluding carboxylic acids is 4. The van der Waals surface area contributed by atoms with Gasteiger partial charge in [0.25, 0.3) is 17.7 Å². The van der Waals surface area contributed by atoms with E-state index in [-0.39, 0.29) is 29.8 Å². The van der Waals surface area contributed by atoms with Crippen LogP contribution in [0.1, 0.15) is 42.2 Å². The van der Waals surface area contributed by atoms with E-state index in [0.717, 1.165) is 16.0 Å². The molecular weight excluding hydrogens is 448 g/mol. The Balaban J connectivity index is 1.31. The van der Waals surface area contributed by atoms with Crippen LogP contribution in [0.15, 0.2) is 66.7 Å². The zero-order valence-corrected chi connectivity index (χ0v) is 19.4. The van der Waals surface area contributed by atoms with Crippen LogP contribution in [0.5, 0.6) is 5.75 Å². The van der Waals surface area contributed by atoms with Crippen molar-refractivity contribution in [3.05, 3.63) is 94.5 Å². The lowest BCUT2D eigenvalue weighted by Crippen LogP contribution is -2.32. The second kappa shape index (κ2) is 10.2. The lowest BCUT2D eigenvalue weighted by Gasteiger charge is -2.16. The summed E-state index contributed by atoms with van der Waals surface area (Å²) in [4.78, 5) is 51.3. The van der Waals surface area contributed by atoms with Crippen LogP contribution < -0.4 is 15.0 Å². The van der Waals surface area contributed by atoms with Crippen LogP contribution in [0.3, 0.4) is 0 Å². The topological polar surface area (TPSA) is 102 Å². The van der Waals surface area contributed by atoms with Crippen molar-refractivity contribution in [2.24, 2.45) is 0 Å². The van der Waals surface area contributed by atoms with Gasteiger partial charge in [0.2, 0.25) is 0 Å². The Morgan fingerprint density at radius 1 is 0.886 bits per heavy atom. The Bertz CT molecular complexity index is 1320. The smallest absolute Gasteiger partial charge is 0.338 e. The summed E-state index contributed by atoms with van der Waals surface area (Å²) in [5.41, 5.74) is 2.74. The number of para-hydroxylation sites is 1. The molecule has 0 aromatic heterocycles.